The fraction of sp³-hybridized carbons (Fsp3) is 0.697. The van der Waals surface area contributed by atoms with Gasteiger partial charge in [0.25, 0.3) is 0 Å². The first-order valence-corrected chi connectivity index (χ1v) is 35.9. The van der Waals surface area contributed by atoms with Crippen LogP contribution in [0.15, 0.2) is 0 Å². The fourth-order valence-electron chi connectivity index (χ4n) is 10.2. The minimum Gasteiger partial charge on any atom is -0.481 e. The van der Waals surface area contributed by atoms with Gasteiger partial charge >= 0.3 is 17.9 Å². The molecule has 0 aliphatic rings. The smallest absolute Gasteiger partial charge is 0.326 e. The Morgan fingerprint density at radius 2 is 0.784 bits per heavy atom. The molecule has 0 rings (SSSR count). The van der Waals surface area contributed by atoms with Crippen LogP contribution in [-0.2, 0) is 91.1 Å². The normalized spacial score (nSPS) is 15.7. The molecule has 45 heteroatoms. The first-order valence-electron chi connectivity index (χ1n) is 35.9. The molecule has 0 saturated carbocycles. The predicted octanol–water partition coefficient (Wildman–Crippen LogP) is -9.88. The molecule has 0 unspecified atom stereocenters. The largest absolute Gasteiger partial charge is 0.481 e. The molecule has 0 heterocycles. The third-order valence-electron chi connectivity index (χ3n) is 17.0. The van der Waals surface area contributed by atoms with Crippen molar-refractivity contribution in [3.05, 3.63) is 0 Å². The van der Waals surface area contributed by atoms with Gasteiger partial charge in [0.05, 0.1) is 51.0 Å². The maximum atomic E-state index is 14.5. The van der Waals surface area contributed by atoms with E-state index in [0.717, 1.165) is 13.8 Å². The number of primary amides is 2. The highest BCUT2D eigenvalue weighted by Gasteiger charge is 2.40. The van der Waals surface area contributed by atoms with Gasteiger partial charge in [-0.1, -0.05) is 68.2 Å². The van der Waals surface area contributed by atoms with Crippen LogP contribution < -0.4 is 108 Å². The molecule has 0 radical (unpaired) electrons. The summed E-state index contributed by atoms with van der Waals surface area (Å²) in [6.07, 6.45) is -5.10. The van der Waals surface area contributed by atoms with Gasteiger partial charge in [-0.2, -0.15) is 0 Å². The van der Waals surface area contributed by atoms with Gasteiger partial charge in [-0.3, -0.25) is 91.7 Å². The summed E-state index contributed by atoms with van der Waals surface area (Å²) in [5.41, 5.74) is 27.3. The van der Waals surface area contributed by atoms with Crippen LogP contribution in [0.2, 0.25) is 0 Å². The summed E-state index contributed by atoms with van der Waals surface area (Å²) >= 11 is 0. The van der Waals surface area contributed by atoms with E-state index >= 15 is 0 Å². The van der Waals surface area contributed by atoms with E-state index in [-0.39, 0.29) is 58.0 Å². The molecular formula is C66H115N21O24. The molecular weight excluding hydrogens is 1470 g/mol. The van der Waals surface area contributed by atoms with Gasteiger partial charge in [0.2, 0.25) is 94.5 Å². The summed E-state index contributed by atoms with van der Waals surface area (Å²) in [7, 11) is 0. The summed E-state index contributed by atoms with van der Waals surface area (Å²) in [6.45, 7) is 13.9. The molecule has 0 bridgehead atoms. The number of carbonyl (C=O) groups is 19. The second kappa shape index (κ2) is 50.7. The monoisotopic (exact) mass is 1590 g/mol. The van der Waals surface area contributed by atoms with Crippen LogP contribution in [0.3, 0.4) is 0 Å². The Labute approximate surface area is 640 Å². The Kier molecular flexibility index (Phi) is 45.7. The number of amides is 16. The quantitative estimate of drug-likeness (QED) is 0.0153. The lowest BCUT2D eigenvalue weighted by Gasteiger charge is -2.30. The molecule has 0 aromatic heterocycles. The number of aliphatic hydroxyl groups is 2. The average molecular weight is 1590 g/mol. The lowest BCUT2D eigenvalue weighted by atomic mass is 9.96. The van der Waals surface area contributed by atoms with Crippen molar-refractivity contribution in [1.82, 2.24) is 79.8 Å². The molecule has 0 spiro atoms. The van der Waals surface area contributed by atoms with Crippen molar-refractivity contribution in [1.29, 1.82) is 5.41 Å². The second-order valence-electron chi connectivity index (χ2n) is 27.4. The molecule has 0 aliphatic heterocycles. The van der Waals surface area contributed by atoms with Gasteiger partial charge in [-0.15, -0.1) is 0 Å². The molecule has 0 aliphatic carbocycles. The molecule has 0 saturated heterocycles. The molecule has 0 aromatic rings. The van der Waals surface area contributed by atoms with E-state index in [2.05, 4.69) is 69.1 Å². The number of nitrogens with one attached hydrogen (secondary N) is 16. The molecule has 628 valence electrons. The van der Waals surface area contributed by atoms with E-state index in [1.165, 1.54) is 27.7 Å². The van der Waals surface area contributed by atoms with Crippen molar-refractivity contribution >= 4 is 118 Å². The van der Waals surface area contributed by atoms with Crippen LogP contribution in [0.4, 0.5) is 0 Å². The topological polar surface area (TPSA) is 760 Å². The number of rotatable bonds is 54. The number of carboxylic acids is 3. The number of carbonyl (C=O) groups excluding carboxylic acids is 16. The molecule has 0 fully saturated rings. The Bertz CT molecular complexity index is 3270. The number of guanidine groups is 1. The van der Waals surface area contributed by atoms with Crippen molar-refractivity contribution in [3.8, 4) is 0 Å². The second-order valence-corrected chi connectivity index (χ2v) is 27.4. The van der Waals surface area contributed by atoms with Gasteiger partial charge in [-0.25, -0.2) is 4.79 Å². The van der Waals surface area contributed by atoms with Gasteiger partial charge in [-0.05, 0) is 89.5 Å². The molecule has 17 atom stereocenters. The van der Waals surface area contributed by atoms with Crippen LogP contribution >= 0.6 is 0 Å². The number of carboxylic acid groups (broad SMARTS) is 3. The molecule has 111 heavy (non-hydrogen) atoms. The highest BCUT2D eigenvalue weighted by Crippen LogP contribution is 2.15. The highest BCUT2D eigenvalue weighted by molar-refractivity contribution is 6.02. The van der Waals surface area contributed by atoms with Gasteiger partial charge in [0, 0.05) is 6.54 Å². The van der Waals surface area contributed by atoms with Crippen LogP contribution in [0.5, 0.6) is 0 Å². The van der Waals surface area contributed by atoms with Crippen molar-refractivity contribution < 1.29 is 117 Å². The third-order valence-corrected chi connectivity index (χ3v) is 17.0. The molecule has 16 amide bonds. The average Bonchev–Trinajstić information content (AvgIpc) is 0.851. The van der Waals surface area contributed by atoms with Gasteiger partial charge in [0.1, 0.15) is 78.5 Å². The number of unbranched alkanes of at least 4 members (excludes halogenated alkanes) is 1. The minimum atomic E-state index is -2.11. The van der Waals surface area contributed by atoms with Crippen LogP contribution in [0, 0.1) is 29.1 Å². The first-order chi connectivity index (χ1) is 51.7. The number of hydrogen-bond acceptors (Lipinski definition) is 24. The zero-order valence-electron chi connectivity index (χ0n) is 64.2. The van der Waals surface area contributed by atoms with E-state index in [1.807, 2.05) is 10.6 Å². The van der Waals surface area contributed by atoms with Gasteiger partial charge in [0.15, 0.2) is 5.96 Å². The van der Waals surface area contributed by atoms with Crippen LogP contribution in [0.1, 0.15) is 153 Å². The standard InChI is InChI=1S/C66H115N21O24/c1-12-30(7)49(85-60(105)39(23-44(70)91)80-58(103)38(21-28(3)4)79-59(104)41(25-47(95)96)81-61(106)42(27-88)83-64(109)51(34(11)89)87-53(98)32(9)75-54(99)35(68)22-43(69)90)63(108)78-37(17-14-15-19-67)57(102)84-48(29(5)6)62(107)82-40(24-46(93)94)55(100)74-26-45(92)77-36(18-16-20-73-66(71)72)56(101)76-33(10)52(97)86-50(65(110)111)31(8)13-2/h28-42,48-51,88-89H,12-27,67-68H2,1-11H3,(H2,69,90)(H2,70,91)(H,74,100)(H,75,99)(H,76,101)(H,77,92)(H,78,108)(H,79,104)(H,80,103)(H,81,106)(H,82,107)(H,83,109)(H,84,102)(H,85,105)(H,86,97)(H,87,98)(H,93,94)(H,95,96)(H,110,111)(H4,71,72,73)/t30-,31-,32-,33-,34+,35-,36-,37-,38-,39-,40-,41-,42-,48-,49-,50-,51-/m0/s1. The molecule has 45 nitrogen and oxygen atoms in total. The highest BCUT2D eigenvalue weighted by atomic mass is 16.4. The third kappa shape index (κ3) is 38.3. The van der Waals surface area contributed by atoms with Crippen molar-refractivity contribution in [3.63, 3.8) is 0 Å². The van der Waals surface area contributed by atoms with E-state index in [4.69, 9.17) is 34.1 Å². The maximum absolute atomic E-state index is 14.5. The summed E-state index contributed by atoms with van der Waals surface area (Å²) in [5.74, 6) is -25.7. The van der Waals surface area contributed by atoms with Gasteiger partial charge < -0.3 is 134 Å². The Balaban J connectivity index is 6.84. The Morgan fingerprint density at radius 1 is 0.396 bits per heavy atom. The van der Waals surface area contributed by atoms with E-state index < -0.39 is 272 Å². The summed E-state index contributed by atoms with van der Waals surface area (Å²) in [5, 5.41) is 91.9. The van der Waals surface area contributed by atoms with E-state index in [9.17, 15) is 117 Å². The number of hydrogen-bond donors (Lipinski definition) is 26. The minimum absolute atomic E-state index is 0.0390. The lowest BCUT2D eigenvalue weighted by Crippen LogP contribution is -2.62. The van der Waals surface area contributed by atoms with Crippen molar-refractivity contribution in [2.75, 3.05) is 26.2 Å². The number of nitrogens with two attached hydrogens (primary N) is 5. The van der Waals surface area contributed by atoms with E-state index in [1.54, 1.807) is 34.6 Å². The molecule has 31 N–H and O–H groups in total. The Morgan fingerprint density at radius 3 is 1.26 bits per heavy atom. The SMILES string of the molecule is CC[C@H](C)[C@H](NC(=O)[C@H](C)NC(=O)[C@H](CCCNC(=N)N)NC(=O)CNC(=O)[C@H](CC(=O)O)NC(=O)[C@@H](NC(=O)[C@H](CCCCN)NC(=O)[C@@H](NC(=O)[C@H](CC(N)=O)NC(=O)[C@H](CC(C)C)NC(=O)[C@H](CC(=O)O)NC(=O)[C@H](CO)NC(=O)[C@@H](NC(=O)[C@H](C)NC(=O)[C@@H](N)CC(N)=O)[C@@H](C)O)[C@@H](C)CC)C(C)C)C(=O)O. The zero-order valence-corrected chi connectivity index (χ0v) is 64.2. The van der Waals surface area contributed by atoms with Crippen LogP contribution in [-0.4, -0.2) is 261 Å². The fourth-order valence-corrected chi connectivity index (χ4v) is 10.2. The Hall–Kier alpha value is -11.0. The maximum Gasteiger partial charge on any atom is 0.326 e. The van der Waals surface area contributed by atoms with E-state index in [0.29, 0.717) is 6.42 Å². The zero-order chi connectivity index (χ0) is 85.4. The number of aliphatic carboxylic acids is 3. The summed E-state index contributed by atoms with van der Waals surface area (Å²) in [4.78, 5) is 251. The summed E-state index contributed by atoms with van der Waals surface area (Å²) < 4.78 is 0. The van der Waals surface area contributed by atoms with Crippen LogP contribution in [0.25, 0.3) is 0 Å². The molecule has 0 aromatic carbocycles. The summed E-state index contributed by atoms with van der Waals surface area (Å²) in [6, 6.07) is -23.4. The first kappa shape index (κ1) is 100. The lowest BCUT2D eigenvalue weighted by molar-refractivity contribution is -0.144. The van der Waals surface area contributed by atoms with Crippen molar-refractivity contribution in [2.24, 2.45) is 52.3 Å². The number of aliphatic hydroxyl groups excluding tert-OH is 2. The predicted molar refractivity (Wildman–Crippen MR) is 391 cm³/mol. The van der Waals surface area contributed by atoms with Crippen molar-refractivity contribution in [2.45, 2.75) is 244 Å².